The van der Waals surface area contributed by atoms with E-state index in [1.165, 1.54) is 24.8 Å². The average molecular weight is 451 g/mol. The first-order valence-corrected chi connectivity index (χ1v) is 12.9. The highest BCUT2D eigenvalue weighted by molar-refractivity contribution is 8.00. The fourth-order valence-electron chi connectivity index (χ4n) is 4.80. The molecule has 32 heavy (non-hydrogen) atoms. The van der Waals surface area contributed by atoms with Crippen molar-refractivity contribution in [1.82, 2.24) is 9.80 Å². The van der Waals surface area contributed by atoms with Crippen LogP contribution in [-0.4, -0.2) is 51.9 Å². The minimum atomic E-state index is -0.179. The number of likely N-dealkylation sites (tertiary alicyclic amines) is 1. The number of hydrogen-bond acceptors (Lipinski definition) is 3. The van der Waals surface area contributed by atoms with Gasteiger partial charge in [-0.05, 0) is 62.4 Å². The number of unbranched alkanes of at least 4 members (excludes halogenated alkanes) is 2. The molecule has 2 fully saturated rings. The number of hydrogen-bond donors (Lipinski definition) is 0. The third-order valence-corrected chi connectivity index (χ3v) is 8.38. The van der Waals surface area contributed by atoms with E-state index >= 15 is 0 Å². The maximum absolute atomic E-state index is 13.2. The molecule has 2 aliphatic heterocycles. The molecule has 0 N–H and O–H groups in total. The van der Waals surface area contributed by atoms with Gasteiger partial charge in [-0.2, -0.15) is 0 Å². The number of benzene rings is 2. The first kappa shape index (κ1) is 22.9. The lowest BCUT2D eigenvalue weighted by molar-refractivity contribution is 0.0498. The Morgan fingerprint density at radius 2 is 1.50 bits per heavy atom. The van der Waals surface area contributed by atoms with E-state index in [-0.39, 0.29) is 16.7 Å². The molecule has 5 heteroatoms. The molecular formula is C27H34N2O2S. The van der Waals surface area contributed by atoms with E-state index in [9.17, 15) is 9.59 Å². The van der Waals surface area contributed by atoms with Crippen molar-refractivity contribution < 1.29 is 9.59 Å². The molecule has 2 aliphatic rings. The molecule has 2 amide bonds. The molecule has 0 aliphatic carbocycles. The van der Waals surface area contributed by atoms with Crippen molar-refractivity contribution in [1.29, 1.82) is 0 Å². The Hall–Kier alpha value is -2.27. The van der Waals surface area contributed by atoms with E-state index < -0.39 is 0 Å². The van der Waals surface area contributed by atoms with E-state index in [0.29, 0.717) is 13.1 Å². The molecular weight excluding hydrogens is 416 g/mol. The van der Waals surface area contributed by atoms with Gasteiger partial charge in [0.1, 0.15) is 0 Å². The molecule has 0 aromatic heterocycles. The molecule has 2 saturated heterocycles. The number of carbonyl (C=O) groups is 2. The zero-order valence-electron chi connectivity index (χ0n) is 19.3. The molecule has 0 radical (unpaired) electrons. The zero-order valence-corrected chi connectivity index (χ0v) is 20.1. The number of rotatable bonds is 6. The maximum atomic E-state index is 13.2. The van der Waals surface area contributed by atoms with Crippen LogP contribution in [0.15, 0.2) is 48.5 Å². The summed E-state index contributed by atoms with van der Waals surface area (Å²) in [6, 6.07) is 16.0. The average Bonchev–Trinajstić information content (AvgIpc) is 3.22. The van der Waals surface area contributed by atoms with Crippen molar-refractivity contribution in [3.05, 3.63) is 70.8 Å². The van der Waals surface area contributed by atoms with Crippen LogP contribution >= 0.6 is 11.8 Å². The second-order valence-electron chi connectivity index (χ2n) is 9.06. The lowest BCUT2D eigenvalue weighted by atomic mass is 9.99. The summed E-state index contributed by atoms with van der Waals surface area (Å²) >= 11 is 1.89. The van der Waals surface area contributed by atoms with Crippen LogP contribution in [0.5, 0.6) is 0 Å². The molecule has 2 aromatic carbocycles. The smallest absolute Gasteiger partial charge is 0.254 e. The van der Waals surface area contributed by atoms with E-state index in [4.69, 9.17) is 0 Å². The molecule has 170 valence electrons. The molecule has 0 atom stereocenters. The second-order valence-corrected chi connectivity index (χ2v) is 10.5. The van der Waals surface area contributed by atoms with Crippen molar-refractivity contribution in [3.63, 3.8) is 0 Å². The van der Waals surface area contributed by atoms with Gasteiger partial charge < -0.3 is 9.80 Å². The van der Waals surface area contributed by atoms with Crippen molar-refractivity contribution in [2.24, 2.45) is 0 Å². The fourth-order valence-corrected chi connectivity index (χ4v) is 6.25. The quantitative estimate of drug-likeness (QED) is 0.542. The summed E-state index contributed by atoms with van der Waals surface area (Å²) in [6.45, 7) is 6.43. The van der Waals surface area contributed by atoms with Crippen molar-refractivity contribution in [3.8, 4) is 0 Å². The van der Waals surface area contributed by atoms with Gasteiger partial charge in [0.25, 0.3) is 11.8 Å². The lowest BCUT2D eigenvalue weighted by Gasteiger charge is -2.44. The third-order valence-electron chi connectivity index (χ3n) is 6.82. The molecule has 4 nitrogen and oxygen atoms in total. The van der Waals surface area contributed by atoms with Crippen LogP contribution < -0.4 is 0 Å². The van der Waals surface area contributed by atoms with Crippen LogP contribution in [0, 0.1) is 6.92 Å². The van der Waals surface area contributed by atoms with E-state index in [1.807, 2.05) is 60.0 Å². The minimum absolute atomic E-state index is 0.111. The number of aryl methyl sites for hydroxylation is 2. The molecule has 2 aromatic rings. The van der Waals surface area contributed by atoms with Crippen LogP contribution in [0.1, 0.15) is 70.9 Å². The van der Waals surface area contributed by atoms with Gasteiger partial charge in [0, 0.05) is 36.5 Å². The summed E-state index contributed by atoms with van der Waals surface area (Å²) in [5, 5.41) is 0. The van der Waals surface area contributed by atoms with Crippen molar-refractivity contribution >= 4 is 23.6 Å². The Bertz CT molecular complexity index is 931. The molecule has 0 bridgehead atoms. The zero-order chi connectivity index (χ0) is 22.6. The van der Waals surface area contributed by atoms with Crippen molar-refractivity contribution in [2.45, 2.75) is 57.2 Å². The van der Waals surface area contributed by atoms with Crippen LogP contribution in [0.25, 0.3) is 0 Å². The summed E-state index contributed by atoms with van der Waals surface area (Å²) in [6.07, 6.45) is 6.41. The SMILES string of the molecule is CCCCCc1ccc(C(=O)N2CCC3(CC2)SCCN3C(=O)c2ccc(C)cc2)cc1. The van der Waals surface area contributed by atoms with Gasteiger partial charge in [-0.25, -0.2) is 0 Å². The van der Waals surface area contributed by atoms with Gasteiger partial charge in [-0.1, -0.05) is 49.6 Å². The Kier molecular flexibility index (Phi) is 7.24. The topological polar surface area (TPSA) is 40.6 Å². The van der Waals surface area contributed by atoms with Crippen LogP contribution in [0.2, 0.25) is 0 Å². The van der Waals surface area contributed by atoms with Crippen LogP contribution in [0.4, 0.5) is 0 Å². The first-order valence-electron chi connectivity index (χ1n) is 11.9. The van der Waals surface area contributed by atoms with Crippen LogP contribution in [-0.2, 0) is 6.42 Å². The second kappa shape index (κ2) is 10.1. The highest BCUT2D eigenvalue weighted by Gasteiger charge is 2.47. The summed E-state index contributed by atoms with van der Waals surface area (Å²) < 4.78 is 0. The van der Waals surface area contributed by atoms with Gasteiger partial charge in [0.15, 0.2) is 0 Å². The number of nitrogens with zero attached hydrogens (tertiary/aromatic N) is 2. The minimum Gasteiger partial charge on any atom is -0.338 e. The van der Waals surface area contributed by atoms with E-state index in [0.717, 1.165) is 48.3 Å². The predicted molar refractivity (Wildman–Crippen MR) is 132 cm³/mol. The lowest BCUT2D eigenvalue weighted by Crippen LogP contribution is -2.53. The largest absolute Gasteiger partial charge is 0.338 e. The number of amides is 2. The highest BCUT2D eigenvalue weighted by atomic mass is 32.2. The maximum Gasteiger partial charge on any atom is 0.254 e. The Morgan fingerprint density at radius 3 is 2.16 bits per heavy atom. The van der Waals surface area contributed by atoms with Gasteiger partial charge in [-0.3, -0.25) is 9.59 Å². The third kappa shape index (κ3) is 4.88. The Labute approximate surface area is 196 Å². The molecule has 4 rings (SSSR count). The predicted octanol–water partition coefficient (Wildman–Crippen LogP) is 5.55. The van der Waals surface area contributed by atoms with Gasteiger partial charge in [0.05, 0.1) is 4.87 Å². The Morgan fingerprint density at radius 1 is 0.875 bits per heavy atom. The first-order chi connectivity index (χ1) is 15.5. The summed E-state index contributed by atoms with van der Waals surface area (Å²) in [5.41, 5.74) is 4.00. The van der Waals surface area contributed by atoms with Crippen LogP contribution in [0.3, 0.4) is 0 Å². The summed E-state index contributed by atoms with van der Waals surface area (Å²) in [7, 11) is 0. The van der Waals surface area contributed by atoms with Gasteiger partial charge in [-0.15, -0.1) is 11.8 Å². The van der Waals surface area contributed by atoms with Gasteiger partial charge >= 0.3 is 0 Å². The molecule has 1 spiro atoms. The highest BCUT2D eigenvalue weighted by Crippen LogP contribution is 2.44. The normalized spacial score (nSPS) is 17.7. The molecule has 0 saturated carbocycles. The Balaban J connectivity index is 1.37. The fraction of sp³-hybridized carbons (Fsp3) is 0.481. The van der Waals surface area contributed by atoms with E-state index in [2.05, 4.69) is 24.0 Å². The standard InChI is InChI=1S/C27H34N2O2S/c1-3-4-5-6-22-9-13-23(14-10-22)25(30)28-17-15-27(16-18-28)29(19-20-32-27)26(31)24-11-7-21(2)8-12-24/h7-14H,3-6,15-20H2,1-2H3. The number of thioether (sulfide) groups is 1. The van der Waals surface area contributed by atoms with E-state index in [1.54, 1.807) is 0 Å². The monoisotopic (exact) mass is 450 g/mol. The number of carbonyl (C=O) groups excluding carboxylic acids is 2. The summed E-state index contributed by atoms with van der Waals surface area (Å²) in [4.78, 5) is 30.2. The number of piperidine rings is 1. The van der Waals surface area contributed by atoms with Gasteiger partial charge in [0.2, 0.25) is 0 Å². The molecule has 0 unspecified atom stereocenters. The summed E-state index contributed by atoms with van der Waals surface area (Å²) in [5.74, 6) is 1.19. The van der Waals surface area contributed by atoms with Crippen molar-refractivity contribution in [2.75, 3.05) is 25.4 Å². The molecule has 2 heterocycles.